The number of nitrogens with zero attached hydrogens (tertiary/aromatic N) is 2. The van der Waals surface area contributed by atoms with E-state index in [4.69, 9.17) is 10.2 Å². The normalized spacial score (nSPS) is 14.2. The lowest BCUT2D eigenvalue weighted by Crippen LogP contribution is -2.53. The third-order valence-corrected chi connectivity index (χ3v) is 3.54. The van der Waals surface area contributed by atoms with Gasteiger partial charge in [-0.1, -0.05) is 0 Å². The molecule has 0 saturated heterocycles. The van der Waals surface area contributed by atoms with E-state index in [2.05, 4.69) is 10.6 Å². The highest BCUT2D eigenvalue weighted by Crippen LogP contribution is 2.12. The number of hydrogen-bond acceptors (Lipinski definition) is 8. The molecule has 0 aliphatic rings. The van der Waals surface area contributed by atoms with Gasteiger partial charge < -0.3 is 20.8 Å². The van der Waals surface area contributed by atoms with Gasteiger partial charge in [0.05, 0.1) is 24.3 Å². The number of aliphatic hydroxyl groups excluding tert-OH is 2. The highest BCUT2D eigenvalue weighted by Gasteiger charge is 2.39. The van der Waals surface area contributed by atoms with Gasteiger partial charge in [0.15, 0.2) is 0 Å². The zero-order valence-electron chi connectivity index (χ0n) is 15.2. The van der Waals surface area contributed by atoms with E-state index in [-0.39, 0.29) is 0 Å². The van der Waals surface area contributed by atoms with Gasteiger partial charge in [-0.15, -0.1) is 0 Å². The fraction of sp³-hybridized carbons (Fsp3) is 0.857. The first-order valence-corrected chi connectivity index (χ1v) is 7.89. The number of amides is 2. The van der Waals surface area contributed by atoms with Crippen LogP contribution in [0.3, 0.4) is 0 Å². The summed E-state index contributed by atoms with van der Waals surface area (Å²) in [6.45, 7) is 4.88. The van der Waals surface area contributed by atoms with Crippen LogP contribution in [-0.2, 0) is 9.59 Å². The summed E-state index contributed by atoms with van der Waals surface area (Å²) in [4.78, 5) is 44.5. The van der Waals surface area contributed by atoms with Crippen molar-refractivity contribution in [2.24, 2.45) is 0 Å². The first-order chi connectivity index (χ1) is 11.8. The van der Waals surface area contributed by atoms with Gasteiger partial charge >= 0.3 is 0 Å². The van der Waals surface area contributed by atoms with Crippen molar-refractivity contribution < 1.29 is 29.6 Å². The Morgan fingerprint density at radius 2 is 1.12 bits per heavy atom. The summed E-state index contributed by atoms with van der Waals surface area (Å²) >= 11 is 0. The van der Waals surface area contributed by atoms with Gasteiger partial charge in [0, 0.05) is 22.7 Å². The van der Waals surface area contributed by atoms with E-state index in [9.17, 15) is 29.8 Å². The molecule has 2 atom stereocenters. The van der Waals surface area contributed by atoms with E-state index < -0.39 is 70.9 Å². The van der Waals surface area contributed by atoms with Crippen LogP contribution in [0, 0.1) is 20.2 Å². The van der Waals surface area contributed by atoms with Crippen LogP contribution in [0.1, 0.15) is 40.5 Å². The van der Waals surface area contributed by atoms with Crippen molar-refractivity contribution in [2.75, 3.05) is 13.2 Å². The number of rotatable bonds is 11. The van der Waals surface area contributed by atoms with E-state index in [0.717, 1.165) is 0 Å². The summed E-state index contributed by atoms with van der Waals surface area (Å²) in [6, 6.07) is -3.61. The molecule has 0 spiro atoms. The van der Waals surface area contributed by atoms with Gasteiger partial charge in [0.2, 0.25) is 0 Å². The van der Waals surface area contributed by atoms with Crippen molar-refractivity contribution in [1.82, 2.24) is 10.6 Å². The number of carbonyl (C=O) groups is 2. The molecule has 0 radical (unpaired) electrons. The molecule has 2 unspecified atom stereocenters. The molecule has 0 aliphatic carbocycles. The highest BCUT2D eigenvalue weighted by molar-refractivity contribution is 5.82. The summed E-state index contributed by atoms with van der Waals surface area (Å²) in [5.74, 6) is -2.01. The predicted molar refractivity (Wildman–Crippen MR) is 89.4 cm³/mol. The van der Waals surface area contributed by atoms with Crippen molar-refractivity contribution in [3.05, 3.63) is 20.2 Å². The quantitative estimate of drug-likeness (QED) is 0.256. The Hall–Kier alpha value is -2.34. The standard InChI is InChI=1S/C14H26N4O8/c1-13(2,7-19)15-11(21)9(17(23)24)5-6-10(18(25)26)12(22)16-14(3,4)8-20/h9-10,19-20H,5-8H2,1-4H3,(H,15,21)(H,16,22). The number of aliphatic hydroxyl groups is 2. The second kappa shape index (κ2) is 9.38. The molecule has 0 bridgehead atoms. The second-order valence-electron chi connectivity index (χ2n) is 7.24. The van der Waals surface area contributed by atoms with Crippen LogP contribution < -0.4 is 10.6 Å². The van der Waals surface area contributed by atoms with Crippen molar-refractivity contribution in [1.29, 1.82) is 0 Å². The molecule has 0 rings (SSSR count). The van der Waals surface area contributed by atoms with Crippen molar-refractivity contribution in [3.63, 3.8) is 0 Å². The van der Waals surface area contributed by atoms with Crippen LogP contribution in [0.2, 0.25) is 0 Å². The smallest absolute Gasteiger partial charge is 0.295 e. The molecule has 4 N–H and O–H groups in total. The number of carbonyl (C=O) groups excluding carboxylic acids is 2. The lowest BCUT2D eigenvalue weighted by Gasteiger charge is -2.25. The Balaban J connectivity index is 5.12. The molecule has 0 saturated carbocycles. The monoisotopic (exact) mass is 378 g/mol. The minimum Gasteiger partial charge on any atom is -0.394 e. The summed E-state index contributed by atoms with van der Waals surface area (Å²) in [7, 11) is 0. The topological polar surface area (TPSA) is 185 Å². The van der Waals surface area contributed by atoms with Gasteiger partial charge in [-0.3, -0.25) is 29.8 Å². The van der Waals surface area contributed by atoms with Crippen LogP contribution in [0.4, 0.5) is 0 Å². The lowest BCUT2D eigenvalue weighted by molar-refractivity contribution is -0.522. The molecule has 0 aromatic rings. The van der Waals surface area contributed by atoms with Gasteiger partial charge in [-0.25, -0.2) is 0 Å². The van der Waals surface area contributed by atoms with Crippen LogP contribution in [0.15, 0.2) is 0 Å². The molecular formula is C14H26N4O8. The number of nitro groups is 2. The molecule has 12 nitrogen and oxygen atoms in total. The third-order valence-electron chi connectivity index (χ3n) is 3.54. The van der Waals surface area contributed by atoms with E-state index in [1.807, 2.05) is 0 Å². The first kappa shape index (κ1) is 23.7. The molecule has 150 valence electrons. The minimum absolute atomic E-state index is 0.459. The molecule has 0 aromatic heterocycles. The highest BCUT2D eigenvalue weighted by atomic mass is 16.6. The Morgan fingerprint density at radius 3 is 1.31 bits per heavy atom. The van der Waals surface area contributed by atoms with E-state index in [1.54, 1.807) is 0 Å². The van der Waals surface area contributed by atoms with E-state index in [1.165, 1.54) is 27.7 Å². The van der Waals surface area contributed by atoms with Gasteiger partial charge in [0.25, 0.3) is 23.9 Å². The van der Waals surface area contributed by atoms with Gasteiger partial charge in [0.1, 0.15) is 0 Å². The van der Waals surface area contributed by atoms with Gasteiger partial charge in [-0.2, -0.15) is 0 Å². The molecule has 0 fully saturated rings. The fourth-order valence-electron chi connectivity index (χ4n) is 1.89. The van der Waals surface area contributed by atoms with Crippen LogP contribution in [-0.4, -0.2) is 68.2 Å². The molecule has 2 amide bonds. The summed E-state index contributed by atoms with van der Waals surface area (Å²) in [6.07, 6.45) is -1.09. The maximum Gasteiger partial charge on any atom is 0.295 e. The van der Waals surface area contributed by atoms with Gasteiger partial charge in [-0.05, 0) is 27.7 Å². The SMILES string of the molecule is CC(C)(CO)NC(=O)C(CCC(C(=O)NC(C)(C)CO)[N+](=O)[O-])[N+](=O)[O-]. The third kappa shape index (κ3) is 7.70. The average Bonchev–Trinajstić information content (AvgIpc) is 2.49. The summed E-state index contributed by atoms with van der Waals surface area (Å²) in [5.41, 5.74) is -2.20. The maximum atomic E-state index is 12.0. The number of nitrogens with one attached hydrogen (secondary N) is 2. The molecule has 0 aromatic carbocycles. The Kier molecular flexibility index (Phi) is 8.54. The van der Waals surface area contributed by atoms with Crippen molar-refractivity contribution in [2.45, 2.75) is 63.7 Å². The lowest BCUT2D eigenvalue weighted by atomic mass is 10.0. The Morgan fingerprint density at radius 1 is 0.846 bits per heavy atom. The largest absolute Gasteiger partial charge is 0.394 e. The molecular weight excluding hydrogens is 352 g/mol. The predicted octanol–water partition coefficient (Wildman–Crippen LogP) is -1.17. The second-order valence-corrected chi connectivity index (χ2v) is 7.24. The maximum absolute atomic E-state index is 12.0. The van der Waals surface area contributed by atoms with Crippen molar-refractivity contribution in [3.8, 4) is 0 Å². The van der Waals surface area contributed by atoms with E-state index in [0.29, 0.717) is 0 Å². The molecule has 0 aliphatic heterocycles. The first-order valence-electron chi connectivity index (χ1n) is 7.89. The Labute approximate surface area is 150 Å². The number of hydrogen-bond donors (Lipinski definition) is 4. The zero-order chi connectivity index (χ0) is 20.7. The fourth-order valence-corrected chi connectivity index (χ4v) is 1.89. The van der Waals surface area contributed by atoms with Crippen LogP contribution in [0.25, 0.3) is 0 Å². The van der Waals surface area contributed by atoms with E-state index >= 15 is 0 Å². The van der Waals surface area contributed by atoms with Crippen molar-refractivity contribution >= 4 is 11.8 Å². The van der Waals surface area contributed by atoms with Crippen LogP contribution in [0.5, 0.6) is 0 Å². The average molecular weight is 378 g/mol. The Bertz CT molecular complexity index is 501. The minimum atomic E-state index is -1.80. The van der Waals surface area contributed by atoms with Crippen LogP contribution >= 0.6 is 0 Å². The molecule has 26 heavy (non-hydrogen) atoms. The molecule has 0 heterocycles. The summed E-state index contributed by atoms with van der Waals surface area (Å²) < 4.78 is 0. The molecule has 12 heteroatoms. The summed E-state index contributed by atoms with van der Waals surface area (Å²) in [5, 5.41) is 45.0. The zero-order valence-corrected chi connectivity index (χ0v) is 15.2.